The summed E-state index contributed by atoms with van der Waals surface area (Å²) in [5.74, 6) is -0.844. The predicted molar refractivity (Wildman–Crippen MR) is 75.5 cm³/mol. The topological polar surface area (TPSA) is 67.8 Å². The molecule has 0 aliphatic heterocycles. The lowest BCUT2D eigenvalue weighted by molar-refractivity contribution is -0.145. The molecule has 0 amide bonds. The Morgan fingerprint density at radius 3 is 2.26 bits per heavy atom. The van der Waals surface area contributed by atoms with Crippen molar-refractivity contribution in [2.24, 2.45) is 0 Å². The Kier molecular flexibility index (Phi) is 9.83. The van der Waals surface area contributed by atoms with Gasteiger partial charge in [-0.25, -0.2) is 0 Å². The van der Waals surface area contributed by atoms with E-state index in [-0.39, 0.29) is 6.04 Å². The van der Waals surface area contributed by atoms with Crippen LogP contribution in [0.2, 0.25) is 0 Å². The molecule has 0 bridgehead atoms. The van der Waals surface area contributed by atoms with Gasteiger partial charge in [-0.2, -0.15) is 0 Å². The van der Waals surface area contributed by atoms with E-state index < -0.39 is 11.5 Å². The smallest absolute Gasteiger partial charge is 0.323 e. The molecule has 5 heteroatoms. The second-order valence-electron chi connectivity index (χ2n) is 5.26. The summed E-state index contributed by atoms with van der Waals surface area (Å²) in [7, 11) is 0. The lowest BCUT2D eigenvalue weighted by Crippen LogP contribution is -2.53. The summed E-state index contributed by atoms with van der Waals surface area (Å²) >= 11 is 0. The first-order valence-electron chi connectivity index (χ1n) is 7.09. The van der Waals surface area contributed by atoms with Gasteiger partial charge in [0.05, 0.1) is 13.2 Å². The van der Waals surface area contributed by atoms with Gasteiger partial charge in [-0.05, 0) is 33.6 Å². The molecule has 0 saturated heterocycles. The van der Waals surface area contributed by atoms with Gasteiger partial charge in [-0.15, -0.1) is 0 Å². The Labute approximate surface area is 116 Å². The summed E-state index contributed by atoms with van der Waals surface area (Å²) in [5, 5.41) is 12.3. The van der Waals surface area contributed by atoms with Gasteiger partial charge in [0.1, 0.15) is 5.54 Å². The fraction of sp³-hybridized carbons (Fsp3) is 0.929. The molecule has 2 N–H and O–H groups in total. The summed E-state index contributed by atoms with van der Waals surface area (Å²) in [6.45, 7) is 9.95. The Balaban J connectivity index is 3.74. The van der Waals surface area contributed by atoms with Crippen molar-refractivity contribution in [2.75, 3.05) is 26.4 Å². The largest absolute Gasteiger partial charge is 0.480 e. The summed E-state index contributed by atoms with van der Waals surface area (Å²) in [6.07, 6.45) is 2.63. The van der Waals surface area contributed by atoms with Crippen LogP contribution in [0.15, 0.2) is 0 Å². The van der Waals surface area contributed by atoms with Gasteiger partial charge >= 0.3 is 5.97 Å². The molecule has 0 aromatic carbocycles. The molecule has 19 heavy (non-hydrogen) atoms. The van der Waals surface area contributed by atoms with Crippen LogP contribution in [0.5, 0.6) is 0 Å². The van der Waals surface area contributed by atoms with Gasteiger partial charge in [0, 0.05) is 19.3 Å². The fourth-order valence-corrected chi connectivity index (χ4v) is 1.72. The number of nitrogens with one attached hydrogen (secondary N) is 1. The highest BCUT2D eigenvalue weighted by Crippen LogP contribution is 2.11. The number of carboxylic acid groups (broad SMARTS) is 1. The molecule has 0 aliphatic carbocycles. The standard InChI is InChI=1S/C14H29NO4/c1-5-6-8-18-10-11-19-9-7-14(4,13(16)17)15-12(2)3/h12,15H,5-11H2,1-4H3,(H,16,17). The molecule has 0 aliphatic rings. The molecule has 0 aromatic heterocycles. The number of carboxylic acids is 1. The van der Waals surface area contributed by atoms with Crippen LogP contribution in [-0.2, 0) is 14.3 Å². The van der Waals surface area contributed by atoms with Gasteiger partial charge < -0.3 is 14.6 Å². The maximum atomic E-state index is 11.3. The molecule has 5 nitrogen and oxygen atoms in total. The maximum Gasteiger partial charge on any atom is 0.323 e. The molecule has 0 fully saturated rings. The third-order valence-electron chi connectivity index (χ3n) is 2.84. The third-order valence-corrected chi connectivity index (χ3v) is 2.84. The highest BCUT2D eigenvalue weighted by Gasteiger charge is 2.32. The first kappa shape index (κ1) is 18.4. The number of aliphatic carboxylic acids is 1. The lowest BCUT2D eigenvalue weighted by Gasteiger charge is -2.28. The zero-order valence-electron chi connectivity index (χ0n) is 12.7. The predicted octanol–water partition coefficient (Wildman–Crippen LogP) is 2.05. The minimum Gasteiger partial charge on any atom is -0.480 e. The third kappa shape index (κ3) is 8.97. The number of unbranched alkanes of at least 4 members (excludes halogenated alkanes) is 1. The maximum absolute atomic E-state index is 11.3. The van der Waals surface area contributed by atoms with Crippen molar-refractivity contribution < 1.29 is 19.4 Å². The zero-order valence-corrected chi connectivity index (χ0v) is 12.7. The first-order valence-corrected chi connectivity index (χ1v) is 7.09. The van der Waals surface area contributed by atoms with E-state index in [1.165, 1.54) is 0 Å². The molecule has 1 atom stereocenters. The number of hydrogen-bond donors (Lipinski definition) is 2. The average molecular weight is 275 g/mol. The molecule has 0 aromatic rings. The quantitative estimate of drug-likeness (QED) is 0.534. The van der Waals surface area contributed by atoms with E-state index in [1.54, 1.807) is 6.92 Å². The van der Waals surface area contributed by atoms with Crippen molar-refractivity contribution in [3.8, 4) is 0 Å². The van der Waals surface area contributed by atoms with E-state index in [0.29, 0.717) is 26.2 Å². The number of carbonyl (C=O) groups is 1. The molecule has 0 spiro atoms. The first-order chi connectivity index (χ1) is 8.92. The molecule has 0 heterocycles. The van der Waals surface area contributed by atoms with Crippen molar-refractivity contribution in [2.45, 2.75) is 58.5 Å². The monoisotopic (exact) mass is 275 g/mol. The van der Waals surface area contributed by atoms with Gasteiger partial charge in [0.25, 0.3) is 0 Å². The molecular formula is C14H29NO4. The van der Waals surface area contributed by atoms with Crippen molar-refractivity contribution in [3.05, 3.63) is 0 Å². The average Bonchev–Trinajstić information content (AvgIpc) is 2.31. The van der Waals surface area contributed by atoms with Crippen LogP contribution in [0.1, 0.15) is 47.0 Å². The van der Waals surface area contributed by atoms with Gasteiger partial charge in [0.15, 0.2) is 0 Å². The Morgan fingerprint density at radius 2 is 1.79 bits per heavy atom. The number of ether oxygens (including phenoxy) is 2. The van der Waals surface area contributed by atoms with Crippen molar-refractivity contribution in [1.29, 1.82) is 0 Å². The second-order valence-corrected chi connectivity index (χ2v) is 5.26. The Morgan fingerprint density at radius 1 is 1.21 bits per heavy atom. The van der Waals surface area contributed by atoms with Gasteiger partial charge in [0.2, 0.25) is 0 Å². The van der Waals surface area contributed by atoms with Crippen LogP contribution >= 0.6 is 0 Å². The van der Waals surface area contributed by atoms with E-state index in [0.717, 1.165) is 19.4 Å². The van der Waals surface area contributed by atoms with Gasteiger partial charge in [-0.3, -0.25) is 10.1 Å². The fourth-order valence-electron chi connectivity index (χ4n) is 1.72. The summed E-state index contributed by atoms with van der Waals surface area (Å²) in [4.78, 5) is 11.3. The number of rotatable bonds is 12. The van der Waals surface area contributed by atoms with E-state index in [2.05, 4.69) is 12.2 Å². The molecule has 1 unspecified atom stereocenters. The molecular weight excluding hydrogens is 246 g/mol. The van der Waals surface area contributed by atoms with E-state index in [1.807, 2.05) is 13.8 Å². The second kappa shape index (κ2) is 10.2. The lowest BCUT2D eigenvalue weighted by atomic mass is 9.97. The molecule has 114 valence electrons. The SMILES string of the molecule is CCCCOCCOCCC(C)(NC(C)C)C(=O)O. The highest BCUT2D eigenvalue weighted by atomic mass is 16.5. The Hall–Kier alpha value is -0.650. The molecule has 0 rings (SSSR count). The van der Waals surface area contributed by atoms with Crippen LogP contribution in [0.3, 0.4) is 0 Å². The van der Waals surface area contributed by atoms with Crippen LogP contribution in [0, 0.1) is 0 Å². The normalized spacial score (nSPS) is 14.6. The van der Waals surface area contributed by atoms with Crippen LogP contribution in [-0.4, -0.2) is 49.1 Å². The van der Waals surface area contributed by atoms with Crippen LogP contribution < -0.4 is 5.32 Å². The summed E-state index contributed by atoms with van der Waals surface area (Å²) in [6, 6.07) is 0.124. The summed E-state index contributed by atoms with van der Waals surface area (Å²) in [5.41, 5.74) is -0.933. The summed E-state index contributed by atoms with van der Waals surface area (Å²) < 4.78 is 10.8. The van der Waals surface area contributed by atoms with Crippen molar-refractivity contribution in [3.63, 3.8) is 0 Å². The van der Waals surface area contributed by atoms with Crippen molar-refractivity contribution in [1.82, 2.24) is 5.32 Å². The Bertz CT molecular complexity index is 246. The van der Waals surface area contributed by atoms with E-state index in [4.69, 9.17) is 9.47 Å². The minimum atomic E-state index is -0.933. The molecule has 0 radical (unpaired) electrons. The van der Waals surface area contributed by atoms with Crippen molar-refractivity contribution >= 4 is 5.97 Å². The van der Waals surface area contributed by atoms with Crippen LogP contribution in [0.25, 0.3) is 0 Å². The van der Waals surface area contributed by atoms with E-state index in [9.17, 15) is 9.90 Å². The number of hydrogen-bond acceptors (Lipinski definition) is 4. The van der Waals surface area contributed by atoms with Gasteiger partial charge in [-0.1, -0.05) is 13.3 Å². The highest BCUT2D eigenvalue weighted by molar-refractivity contribution is 5.78. The minimum absolute atomic E-state index is 0.124. The van der Waals surface area contributed by atoms with E-state index >= 15 is 0 Å². The van der Waals surface area contributed by atoms with Crippen LogP contribution in [0.4, 0.5) is 0 Å². The molecule has 0 saturated carbocycles. The zero-order chi connectivity index (χ0) is 14.7.